The van der Waals surface area contributed by atoms with Crippen molar-refractivity contribution in [2.24, 2.45) is 0 Å². The predicted octanol–water partition coefficient (Wildman–Crippen LogP) is 3.19. The van der Waals surface area contributed by atoms with Gasteiger partial charge in [-0.3, -0.25) is 14.5 Å². The summed E-state index contributed by atoms with van der Waals surface area (Å²) in [6.07, 6.45) is 0. The first-order valence-electron chi connectivity index (χ1n) is 7.93. The molecule has 1 heterocycles. The first-order chi connectivity index (χ1) is 12.5. The molecule has 0 atom stereocenters. The molecule has 5 nitrogen and oxygen atoms in total. The number of halogens is 2. The summed E-state index contributed by atoms with van der Waals surface area (Å²) in [7, 11) is 1.52. The van der Waals surface area contributed by atoms with E-state index >= 15 is 0 Å². The van der Waals surface area contributed by atoms with Crippen LogP contribution >= 0.6 is 0 Å². The Morgan fingerprint density at radius 2 is 1.69 bits per heavy atom. The molecule has 1 N–H and O–H groups in total. The van der Waals surface area contributed by atoms with E-state index in [4.69, 9.17) is 4.74 Å². The first-order valence-corrected chi connectivity index (χ1v) is 7.93. The number of benzene rings is 2. The van der Waals surface area contributed by atoms with Crippen LogP contribution in [0.15, 0.2) is 48.2 Å². The molecule has 0 unspecified atom stereocenters. The molecule has 134 valence electrons. The van der Waals surface area contributed by atoms with Crippen LogP contribution in [0.2, 0.25) is 0 Å². The van der Waals surface area contributed by atoms with Gasteiger partial charge < -0.3 is 10.1 Å². The van der Waals surface area contributed by atoms with E-state index in [-0.39, 0.29) is 23.5 Å². The van der Waals surface area contributed by atoms with E-state index in [2.05, 4.69) is 5.32 Å². The lowest BCUT2D eigenvalue weighted by molar-refractivity contribution is -0.136. The second-order valence-electron chi connectivity index (χ2n) is 5.59. The number of carbonyl (C=O) groups is 2. The van der Waals surface area contributed by atoms with E-state index < -0.39 is 23.4 Å². The number of amides is 2. The summed E-state index contributed by atoms with van der Waals surface area (Å²) in [6, 6.07) is 9.83. The van der Waals surface area contributed by atoms with Gasteiger partial charge in [0.15, 0.2) is 11.6 Å². The minimum atomic E-state index is -1.05. The molecule has 2 amide bonds. The smallest absolute Gasteiger partial charge is 0.278 e. The summed E-state index contributed by atoms with van der Waals surface area (Å²) in [5.74, 6) is -2.41. The van der Waals surface area contributed by atoms with Crippen LogP contribution in [0.1, 0.15) is 12.5 Å². The number of carbonyl (C=O) groups excluding carboxylic acids is 2. The molecule has 1 aliphatic heterocycles. The topological polar surface area (TPSA) is 58.6 Å². The lowest BCUT2D eigenvalue weighted by Crippen LogP contribution is -2.32. The monoisotopic (exact) mass is 358 g/mol. The highest BCUT2D eigenvalue weighted by molar-refractivity contribution is 6.36. The van der Waals surface area contributed by atoms with Crippen molar-refractivity contribution in [1.29, 1.82) is 0 Å². The maximum absolute atomic E-state index is 13.5. The largest absolute Gasteiger partial charge is 0.497 e. The number of anilines is 1. The number of rotatable bonds is 5. The van der Waals surface area contributed by atoms with E-state index in [9.17, 15) is 18.4 Å². The van der Waals surface area contributed by atoms with Crippen LogP contribution in [0.5, 0.6) is 5.75 Å². The number of hydrogen-bond acceptors (Lipinski definition) is 4. The van der Waals surface area contributed by atoms with E-state index in [1.54, 1.807) is 31.2 Å². The summed E-state index contributed by atoms with van der Waals surface area (Å²) in [5, 5.41) is 2.76. The third kappa shape index (κ3) is 3.03. The van der Waals surface area contributed by atoms with Crippen LogP contribution in [-0.2, 0) is 9.59 Å². The Morgan fingerprint density at radius 3 is 2.27 bits per heavy atom. The van der Waals surface area contributed by atoms with Gasteiger partial charge in [-0.15, -0.1) is 0 Å². The van der Waals surface area contributed by atoms with Gasteiger partial charge in [0.25, 0.3) is 11.8 Å². The zero-order valence-corrected chi connectivity index (χ0v) is 14.2. The summed E-state index contributed by atoms with van der Waals surface area (Å²) in [5.41, 5.74) is 0.881. The standard InChI is InChI=1S/C19H16F2N2O3/c1-3-23-18(24)16(11-4-7-13(26-2)8-5-11)17(19(23)25)22-12-6-9-14(20)15(21)10-12/h4-10,22H,3H2,1-2H3. The fraction of sp³-hybridized carbons (Fsp3) is 0.158. The van der Waals surface area contributed by atoms with Crippen molar-refractivity contribution in [3.8, 4) is 5.75 Å². The quantitative estimate of drug-likeness (QED) is 0.834. The molecule has 3 rings (SSSR count). The highest BCUT2D eigenvalue weighted by Crippen LogP contribution is 2.31. The van der Waals surface area contributed by atoms with Gasteiger partial charge in [0.1, 0.15) is 11.4 Å². The van der Waals surface area contributed by atoms with E-state index in [0.717, 1.165) is 17.0 Å². The van der Waals surface area contributed by atoms with Gasteiger partial charge >= 0.3 is 0 Å². The lowest BCUT2D eigenvalue weighted by Gasteiger charge is -2.12. The van der Waals surface area contributed by atoms with E-state index in [1.807, 2.05) is 0 Å². The van der Waals surface area contributed by atoms with Crippen molar-refractivity contribution in [1.82, 2.24) is 4.90 Å². The highest BCUT2D eigenvalue weighted by Gasteiger charge is 2.38. The zero-order valence-electron chi connectivity index (χ0n) is 14.2. The maximum Gasteiger partial charge on any atom is 0.278 e. The van der Waals surface area contributed by atoms with Gasteiger partial charge in [-0.2, -0.15) is 0 Å². The number of methoxy groups -OCH3 is 1. The summed E-state index contributed by atoms with van der Waals surface area (Å²) < 4.78 is 31.7. The molecule has 26 heavy (non-hydrogen) atoms. The van der Waals surface area contributed by atoms with Gasteiger partial charge in [-0.05, 0) is 36.8 Å². The summed E-state index contributed by atoms with van der Waals surface area (Å²) >= 11 is 0. The minimum absolute atomic E-state index is 0.0213. The zero-order chi connectivity index (χ0) is 18.8. The molecule has 0 spiro atoms. The lowest BCUT2D eigenvalue weighted by atomic mass is 10.0. The molecule has 0 aromatic heterocycles. The molecule has 7 heteroatoms. The van der Waals surface area contributed by atoms with Gasteiger partial charge in [0, 0.05) is 18.3 Å². The third-order valence-corrected chi connectivity index (χ3v) is 4.05. The van der Waals surface area contributed by atoms with Crippen molar-refractivity contribution in [2.45, 2.75) is 6.92 Å². The van der Waals surface area contributed by atoms with Crippen molar-refractivity contribution in [2.75, 3.05) is 19.0 Å². The number of hydrogen-bond donors (Lipinski definition) is 1. The highest BCUT2D eigenvalue weighted by atomic mass is 19.2. The normalized spacial score (nSPS) is 14.2. The fourth-order valence-corrected chi connectivity index (χ4v) is 2.72. The summed E-state index contributed by atoms with van der Waals surface area (Å²) in [6.45, 7) is 1.88. The molecule has 0 aliphatic carbocycles. The van der Waals surface area contributed by atoms with Crippen LogP contribution in [0, 0.1) is 11.6 Å². The second kappa shape index (κ2) is 6.95. The Balaban J connectivity index is 2.07. The molecular formula is C19H16F2N2O3. The minimum Gasteiger partial charge on any atom is -0.497 e. The first kappa shape index (κ1) is 17.6. The molecule has 0 saturated heterocycles. The number of ether oxygens (including phenoxy) is 1. The van der Waals surface area contributed by atoms with Crippen molar-refractivity contribution in [3.63, 3.8) is 0 Å². The molecule has 2 aromatic carbocycles. The average molecular weight is 358 g/mol. The Labute approximate surface area is 148 Å². The predicted molar refractivity (Wildman–Crippen MR) is 92.3 cm³/mol. The fourth-order valence-electron chi connectivity index (χ4n) is 2.72. The van der Waals surface area contributed by atoms with Gasteiger partial charge in [-0.25, -0.2) is 8.78 Å². The Bertz CT molecular complexity index is 908. The number of likely N-dealkylation sites (N-methyl/N-ethyl adjacent to an activating group) is 1. The van der Waals surface area contributed by atoms with E-state index in [1.165, 1.54) is 13.2 Å². The molecule has 0 fully saturated rings. The number of nitrogens with zero attached hydrogens (tertiary/aromatic N) is 1. The van der Waals surface area contributed by atoms with Crippen molar-refractivity contribution < 1.29 is 23.1 Å². The SMILES string of the molecule is CCN1C(=O)C(Nc2ccc(F)c(F)c2)=C(c2ccc(OC)cc2)C1=O. The number of nitrogens with one attached hydrogen (secondary N) is 1. The Morgan fingerprint density at radius 1 is 1.00 bits per heavy atom. The van der Waals surface area contributed by atoms with Crippen LogP contribution < -0.4 is 10.1 Å². The molecule has 0 saturated carbocycles. The van der Waals surface area contributed by atoms with Gasteiger partial charge in [0.05, 0.1) is 12.7 Å². The van der Waals surface area contributed by atoms with Gasteiger partial charge in [-0.1, -0.05) is 12.1 Å². The van der Waals surface area contributed by atoms with Crippen LogP contribution in [-0.4, -0.2) is 30.4 Å². The van der Waals surface area contributed by atoms with Crippen LogP contribution in [0.3, 0.4) is 0 Å². The second-order valence-corrected chi connectivity index (χ2v) is 5.59. The molecular weight excluding hydrogens is 342 g/mol. The molecule has 0 bridgehead atoms. The van der Waals surface area contributed by atoms with Crippen LogP contribution in [0.25, 0.3) is 5.57 Å². The van der Waals surface area contributed by atoms with Gasteiger partial charge in [0.2, 0.25) is 0 Å². The molecule has 0 radical (unpaired) electrons. The summed E-state index contributed by atoms with van der Waals surface area (Å²) in [4.78, 5) is 26.4. The average Bonchev–Trinajstić information content (AvgIpc) is 2.88. The van der Waals surface area contributed by atoms with Crippen molar-refractivity contribution in [3.05, 3.63) is 65.4 Å². The number of imide groups is 1. The molecule has 1 aliphatic rings. The Kier molecular flexibility index (Phi) is 4.71. The maximum atomic E-state index is 13.5. The van der Waals surface area contributed by atoms with E-state index in [0.29, 0.717) is 11.3 Å². The third-order valence-electron chi connectivity index (χ3n) is 4.05. The van der Waals surface area contributed by atoms with Crippen molar-refractivity contribution >= 4 is 23.1 Å². The van der Waals surface area contributed by atoms with Crippen LogP contribution in [0.4, 0.5) is 14.5 Å². The molecule has 2 aromatic rings. The Hall–Kier alpha value is -3.22.